The van der Waals surface area contributed by atoms with E-state index >= 15 is 0 Å². The summed E-state index contributed by atoms with van der Waals surface area (Å²) in [6.07, 6.45) is 4.25. The molecule has 0 saturated carbocycles. The van der Waals surface area contributed by atoms with E-state index in [0.29, 0.717) is 11.5 Å². The molecule has 2 N–H and O–H groups in total. The van der Waals surface area contributed by atoms with Gasteiger partial charge in [0.1, 0.15) is 0 Å². The van der Waals surface area contributed by atoms with Crippen molar-refractivity contribution in [3.05, 3.63) is 45.9 Å². The lowest BCUT2D eigenvalue weighted by Gasteiger charge is -2.10. The predicted molar refractivity (Wildman–Crippen MR) is 89.6 cm³/mol. The first-order valence-corrected chi connectivity index (χ1v) is 7.48. The van der Waals surface area contributed by atoms with Crippen LogP contribution in [-0.2, 0) is 6.42 Å². The standard InChI is InChI=1S/C14H16N4S2/c1-10-3-4-12(11(2)9-10)17-14(19)18-16-6-5-13-15-7-8-20-13/h3-4,6-9H,5H2,1-2H3,(H2,17,18,19). The number of thiocarbonyl (C=S) groups is 1. The second-order valence-corrected chi connectivity index (χ2v) is 5.71. The average molecular weight is 304 g/mol. The number of hydrogen-bond donors (Lipinski definition) is 2. The number of thiazole rings is 1. The summed E-state index contributed by atoms with van der Waals surface area (Å²) in [6.45, 7) is 4.11. The molecule has 0 atom stereocenters. The minimum Gasteiger partial charge on any atom is -0.331 e. The van der Waals surface area contributed by atoms with Crippen LogP contribution in [0.1, 0.15) is 16.1 Å². The van der Waals surface area contributed by atoms with Crippen molar-refractivity contribution in [1.29, 1.82) is 0 Å². The first kappa shape index (κ1) is 14.6. The molecule has 2 aromatic rings. The highest BCUT2D eigenvalue weighted by Gasteiger charge is 2.00. The van der Waals surface area contributed by atoms with Gasteiger partial charge in [0.2, 0.25) is 0 Å². The summed E-state index contributed by atoms with van der Waals surface area (Å²) in [5.41, 5.74) is 6.17. The molecule has 0 radical (unpaired) electrons. The van der Waals surface area contributed by atoms with Crippen LogP contribution in [0.3, 0.4) is 0 Å². The van der Waals surface area contributed by atoms with Gasteiger partial charge in [0.05, 0.1) is 5.01 Å². The lowest BCUT2D eigenvalue weighted by Crippen LogP contribution is -2.24. The lowest BCUT2D eigenvalue weighted by molar-refractivity contribution is 1.04. The molecule has 6 heteroatoms. The van der Waals surface area contributed by atoms with Gasteiger partial charge in [0.25, 0.3) is 0 Å². The highest BCUT2D eigenvalue weighted by Crippen LogP contribution is 2.15. The lowest BCUT2D eigenvalue weighted by atomic mass is 10.1. The summed E-state index contributed by atoms with van der Waals surface area (Å²) in [7, 11) is 0. The Labute approximate surface area is 127 Å². The molecule has 1 aromatic carbocycles. The molecule has 1 heterocycles. The summed E-state index contributed by atoms with van der Waals surface area (Å²) in [6, 6.07) is 6.16. The minimum atomic E-state index is 0.479. The van der Waals surface area contributed by atoms with Crippen molar-refractivity contribution in [2.75, 3.05) is 5.32 Å². The van der Waals surface area contributed by atoms with E-state index in [1.54, 1.807) is 23.7 Å². The highest BCUT2D eigenvalue weighted by atomic mass is 32.1. The van der Waals surface area contributed by atoms with Crippen LogP contribution in [-0.4, -0.2) is 16.3 Å². The summed E-state index contributed by atoms with van der Waals surface area (Å²) >= 11 is 6.80. The molecule has 0 spiro atoms. The van der Waals surface area contributed by atoms with Crippen LogP contribution in [0, 0.1) is 13.8 Å². The maximum absolute atomic E-state index is 5.19. The first-order valence-electron chi connectivity index (χ1n) is 6.19. The molecule has 0 bridgehead atoms. The van der Waals surface area contributed by atoms with Gasteiger partial charge in [-0.25, -0.2) is 4.98 Å². The van der Waals surface area contributed by atoms with Gasteiger partial charge in [0.15, 0.2) is 5.11 Å². The van der Waals surface area contributed by atoms with Crippen molar-refractivity contribution in [2.45, 2.75) is 20.3 Å². The number of anilines is 1. The zero-order valence-corrected chi connectivity index (χ0v) is 13.0. The van der Waals surface area contributed by atoms with Crippen molar-refractivity contribution >= 4 is 40.6 Å². The van der Waals surface area contributed by atoms with Crippen molar-refractivity contribution in [1.82, 2.24) is 10.4 Å². The van der Waals surface area contributed by atoms with Gasteiger partial charge in [-0.15, -0.1) is 11.3 Å². The Kier molecular flexibility index (Phi) is 5.20. The Bertz CT molecular complexity index is 606. The third kappa shape index (κ3) is 4.40. The van der Waals surface area contributed by atoms with Crippen molar-refractivity contribution in [3.8, 4) is 0 Å². The maximum atomic E-state index is 5.19. The molecular formula is C14H16N4S2. The molecule has 1 aromatic heterocycles. The van der Waals surface area contributed by atoms with Crippen molar-refractivity contribution < 1.29 is 0 Å². The molecule has 0 amide bonds. The fourth-order valence-corrected chi connectivity index (χ4v) is 2.42. The number of rotatable bonds is 4. The Balaban J connectivity index is 1.81. The van der Waals surface area contributed by atoms with Crippen LogP contribution < -0.4 is 10.7 Å². The molecular weight excluding hydrogens is 288 g/mol. The van der Waals surface area contributed by atoms with Crippen LogP contribution in [0.15, 0.2) is 34.9 Å². The minimum absolute atomic E-state index is 0.479. The topological polar surface area (TPSA) is 49.3 Å². The Morgan fingerprint density at radius 3 is 3.00 bits per heavy atom. The predicted octanol–water partition coefficient (Wildman–Crippen LogP) is 3.27. The van der Waals surface area contributed by atoms with E-state index in [-0.39, 0.29) is 0 Å². The second-order valence-electron chi connectivity index (χ2n) is 4.33. The number of nitrogens with one attached hydrogen (secondary N) is 2. The van der Waals surface area contributed by atoms with Gasteiger partial charge in [0, 0.05) is 29.9 Å². The maximum Gasteiger partial charge on any atom is 0.191 e. The van der Waals surface area contributed by atoms with Crippen molar-refractivity contribution in [2.24, 2.45) is 5.10 Å². The average Bonchev–Trinajstić information content (AvgIpc) is 2.91. The molecule has 0 fully saturated rings. The summed E-state index contributed by atoms with van der Waals surface area (Å²) < 4.78 is 0. The van der Waals surface area contributed by atoms with E-state index in [1.807, 2.05) is 24.4 Å². The number of hydrazone groups is 1. The molecule has 0 aliphatic rings. The summed E-state index contributed by atoms with van der Waals surface area (Å²) in [4.78, 5) is 4.17. The van der Waals surface area contributed by atoms with Crippen molar-refractivity contribution in [3.63, 3.8) is 0 Å². The van der Waals surface area contributed by atoms with E-state index in [9.17, 15) is 0 Å². The van der Waals surface area contributed by atoms with Crippen LogP contribution in [0.25, 0.3) is 0 Å². The number of hydrogen-bond acceptors (Lipinski definition) is 4. The van der Waals surface area contributed by atoms with Crippen LogP contribution in [0.2, 0.25) is 0 Å². The third-order valence-electron chi connectivity index (χ3n) is 2.64. The third-order valence-corrected chi connectivity index (χ3v) is 3.63. The number of aromatic nitrogens is 1. The second kappa shape index (κ2) is 7.12. The van der Waals surface area contributed by atoms with Gasteiger partial charge >= 0.3 is 0 Å². The largest absolute Gasteiger partial charge is 0.331 e. The fraction of sp³-hybridized carbons (Fsp3) is 0.214. The Hall–Kier alpha value is -1.79. The normalized spacial score (nSPS) is 10.7. The molecule has 0 aliphatic heterocycles. The van der Waals surface area contributed by atoms with E-state index in [0.717, 1.165) is 16.3 Å². The Morgan fingerprint density at radius 1 is 1.45 bits per heavy atom. The van der Waals surface area contributed by atoms with E-state index < -0.39 is 0 Å². The smallest absolute Gasteiger partial charge is 0.191 e. The van der Waals surface area contributed by atoms with Gasteiger partial charge in [-0.05, 0) is 37.7 Å². The summed E-state index contributed by atoms with van der Waals surface area (Å²) in [5, 5.41) is 10.7. The van der Waals surface area contributed by atoms with E-state index in [4.69, 9.17) is 12.2 Å². The fourth-order valence-electron chi connectivity index (χ4n) is 1.69. The van der Waals surface area contributed by atoms with Crippen LogP contribution >= 0.6 is 23.6 Å². The molecule has 0 saturated heterocycles. The highest BCUT2D eigenvalue weighted by molar-refractivity contribution is 7.80. The van der Waals surface area contributed by atoms with Gasteiger partial charge < -0.3 is 5.32 Å². The van der Waals surface area contributed by atoms with Crippen LogP contribution in [0.4, 0.5) is 5.69 Å². The molecule has 0 aliphatic carbocycles. The zero-order valence-electron chi connectivity index (χ0n) is 11.4. The van der Waals surface area contributed by atoms with E-state index in [1.165, 1.54) is 5.56 Å². The molecule has 20 heavy (non-hydrogen) atoms. The van der Waals surface area contributed by atoms with Crippen LogP contribution in [0.5, 0.6) is 0 Å². The zero-order chi connectivity index (χ0) is 14.4. The number of benzene rings is 1. The van der Waals surface area contributed by atoms with E-state index in [2.05, 4.69) is 33.8 Å². The monoisotopic (exact) mass is 304 g/mol. The van der Waals surface area contributed by atoms with Gasteiger partial charge in [-0.1, -0.05) is 17.7 Å². The quantitative estimate of drug-likeness (QED) is 0.517. The Morgan fingerprint density at radius 2 is 2.30 bits per heavy atom. The number of nitrogens with zero attached hydrogens (tertiary/aromatic N) is 2. The number of aryl methyl sites for hydroxylation is 2. The first-order chi connectivity index (χ1) is 9.65. The molecule has 104 valence electrons. The van der Waals surface area contributed by atoms with Gasteiger partial charge in [-0.3, -0.25) is 5.43 Å². The summed E-state index contributed by atoms with van der Waals surface area (Å²) in [5.74, 6) is 0. The molecule has 2 rings (SSSR count). The molecule has 0 unspecified atom stereocenters. The van der Waals surface area contributed by atoms with Gasteiger partial charge in [-0.2, -0.15) is 5.10 Å². The molecule has 4 nitrogen and oxygen atoms in total. The SMILES string of the molecule is Cc1ccc(NC(=S)NN=CCc2nccs2)c(C)c1.